The van der Waals surface area contributed by atoms with Crippen molar-refractivity contribution in [2.24, 2.45) is 5.73 Å². The van der Waals surface area contributed by atoms with Gasteiger partial charge in [-0.15, -0.1) is 11.8 Å². The van der Waals surface area contributed by atoms with Crippen LogP contribution >= 0.6 is 23.4 Å². The molecule has 0 bridgehead atoms. The number of aliphatic hydroxyl groups is 1. The van der Waals surface area contributed by atoms with E-state index in [1.807, 2.05) is 25.1 Å². The van der Waals surface area contributed by atoms with E-state index < -0.39 is 0 Å². The van der Waals surface area contributed by atoms with Crippen LogP contribution in [0.2, 0.25) is 5.02 Å². The SMILES string of the molecule is CC(N)c1ccc(SCCCO)c(Cl)c1. The highest BCUT2D eigenvalue weighted by atomic mass is 35.5. The number of nitrogens with two attached hydrogens (primary N) is 1. The maximum Gasteiger partial charge on any atom is 0.0545 e. The first-order chi connectivity index (χ1) is 7.15. The van der Waals surface area contributed by atoms with Crippen LogP contribution in [-0.4, -0.2) is 17.5 Å². The summed E-state index contributed by atoms with van der Waals surface area (Å²) in [5.74, 6) is 0.883. The Kier molecular flexibility index (Phi) is 5.47. The lowest BCUT2D eigenvalue weighted by Crippen LogP contribution is -2.04. The van der Waals surface area contributed by atoms with Crippen molar-refractivity contribution >= 4 is 23.4 Å². The Balaban J connectivity index is 2.66. The van der Waals surface area contributed by atoms with Gasteiger partial charge < -0.3 is 10.8 Å². The van der Waals surface area contributed by atoms with Gasteiger partial charge in [-0.2, -0.15) is 0 Å². The predicted octanol–water partition coefficient (Wildman–Crippen LogP) is 2.83. The van der Waals surface area contributed by atoms with Crippen molar-refractivity contribution < 1.29 is 5.11 Å². The lowest BCUT2D eigenvalue weighted by Gasteiger charge is -2.09. The van der Waals surface area contributed by atoms with Crippen LogP contribution in [0.1, 0.15) is 24.9 Å². The molecular weight excluding hydrogens is 230 g/mol. The minimum atomic E-state index is 0.0130. The molecule has 1 aromatic rings. The minimum Gasteiger partial charge on any atom is -0.396 e. The van der Waals surface area contributed by atoms with Gasteiger partial charge in [-0.3, -0.25) is 0 Å². The van der Waals surface area contributed by atoms with Gasteiger partial charge in [0.05, 0.1) is 5.02 Å². The van der Waals surface area contributed by atoms with E-state index in [0.717, 1.165) is 27.7 Å². The van der Waals surface area contributed by atoms with E-state index in [-0.39, 0.29) is 12.6 Å². The van der Waals surface area contributed by atoms with Crippen molar-refractivity contribution in [1.82, 2.24) is 0 Å². The molecule has 2 nitrogen and oxygen atoms in total. The molecule has 1 atom stereocenters. The van der Waals surface area contributed by atoms with E-state index in [1.165, 1.54) is 0 Å². The zero-order chi connectivity index (χ0) is 11.3. The monoisotopic (exact) mass is 245 g/mol. The molecule has 1 rings (SSSR count). The summed E-state index contributed by atoms with van der Waals surface area (Å²) in [6, 6.07) is 5.91. The van der Waals surface area contributed by atoms with Gasteiger partial charge in [0.25, 0.3) is 0 Å². The lowest BCUT2D eigenvalue weighted by molar-refractivity contribution is 0.296. The second-order valence-corrected chi connectivity index (χ2v) is 4.95. The molecule has 0 aromatic heterocycles. The average Bonchev–Trinajstić information content (AvgIpc) is 2.20. The minimum absolute atomic E-state index is 0.0130. The number of aliphatic hydroxyl groups excluding tert-OH is 1. The highest BCUT2D eigenvalue weighted by molar-refractivity contribution is 7.99. The summed E-state index contributed by atoms with van der Waals surface area (Å²) >= 11 is 7.77. The third-order valence-corrected chi connectivity index (χ3v) is 3.63. The largest absolute Gasteiger partial charge is 0.396 e. The highest BCUT2D eigenvalue weighted by Crippen LogP contribution is 2.29. The summed E-state index contributed by atoms with van der Waals surface area (Å²) in [7, 11) is 0. The quantitative estimate of drug-likeness (QED) is 0.620. The van der Waals surface area contributed by atoms with Gasteiger partial charge in [-0.25, -0.2) is 0 Å². The second kappa shape index (κ2) is 6.38. The number of benzene rings is 1. The summed E-state index contributed by atoms with van der Waals surface area (Å²) in [6.07, 6.45) is 0.788. The van der Waals surface area contributed by atoms with Gasteiger partial charge in [0.1, 0.15) is 0 Å². The van der Waals surface area contributed by atoms with Crippen LogP contribution in [-0.2, 0) is 0 Å². The van der Waals surface area contributed by atoms with Crippen molar-refractivity contribution in [3.63, 3.8) is 0 Å². The lowest BCUT2D eigenvalue weighted by atomic mass is 10.1. The van der Waals surface area contributed by atoms with Crippen LogP contribution in [0.15, 0.2) is 23.1 Å². The van der Waals surface area contributed by atoms with E-state index >= 15 is 0 Å². The average molecular weight is 246 g/mol. The molecule has 4 heteroatoms. The Morgan fingerprint density at radius 3 is 2.80 bits per heavy atom. The zero-order valence-corrected chi connectivity index (χ0v) is 10.3. The Hall–Kier alpha value is -0.220. The van der Waals surface area contributed by atoms with Crippen molar-refractivity contribution in [1.29, 1.82) is 0 Å². The molecular formula is C11H16ClNOS. The summed E-state index contributed by atoms with van der Waals surface area (Å²) in [5.41, 5.74) is 6.80. The third-order valence-electron chi connectivity index (χ3n) is 2.04. The van der Waals surface area contributed by atoms with Crippen LogP contribution in [0, 0.1) is 0 Å². The fourth-order valence-corrected chi connectivity index (χ4v) is 2.37. The first-order valence-corrected chi connectivity index (χ1v) is 6.30. The van der Waals surface area contributed by atoms with Gasteiger partial charge in [-0.1, -0.05) is 17.7 Å². The Morgan fingerprint density at radius 1 is 1.53 bits per heavy atom. The van der Waals surface area contributed by atoms with Crippen LogP contribution < -0.4 is 5.73 Å². The summed E-state index contributed by atoms with van der Waals surface area (Å²) in [5, 5.41) is 9.41. The van der Waals surface area contributed by atoms with E-state index in [4.69, 9.17) is 22.4 Å². The molecule has 0 amide bonds. The number of rotatable bonds is 5. The first kappa shape index (κ1) is 12.8. The van der Waals surface area contributed by atoms with Gasteiger partial charge in [-0.05, 0) is 31.0 Å². The number of thioether (sulfide) groups is 1. The number of hydrogen-bond acceptors (Lipinski definition) is 3. The van der Waals surface area contributed by atoms with Crippen LogP contribution in [0.3, 0.4) is 0 Å². The summed E-state index contributed by atoms with van der Waals surface area (Å²) < 4.78 is 0. The Morgan fingerprint density at radius 2 is 2.27 bits per heavy atom. The fraction of sp³-hybridized carbons (Fsp3) is 0.455. The molecule has 0 aliphatic rings. The molecule has 1 unspecified atom stereocenters. The summed E-state index contributed by atoms with van der Waals surface area (Å²) in [6.45, 7) is 2.16. The summed E-state index contributed by atoms with van der Waals surface area (Å²) in [4.78, 5) is 1.05. The van der Waals surface area contributed by atoms with Gasteiger partial charge >= 0.3 is 0 Å². The van der Waals surface area contributed by atoms with E-state index in [0.29, 0.717) is 0 Å². The normalized spacial score (nSPS) is 12.8. The molecule has 3 N–H and O–H groups in total. The molecule has 0 fully saturated rings. The number of hydrogen-bond donors (Lipinski definition) is 2. The van der Waals surface area contributed by atoms with Gasteiger partial charge in [0.2, 0.25) is 0 Å². The van der Waals surface area contributed by atoms with Gasteiger partial charge in [0, 0.05) is 23.3 Å². The molecule has 0 saturated carbocycles. The molecule has 0 radical (unpaired) electrons. The van der Waals surface area contributed by atoms with Gasteiger partial charge in [0.15, 0.2) is 0 Å². The Bertz CT molecular complexity index is 317. The topological polar surface area (TPSA) is 46.2 Å². The fourth-order valence-electron chi connectivity index (χ4n) is 1.16. The molecule has 0 spiro atoms. The first-order valence-electron chi connectivity index (χ1n) is 4.94. The van der Waals surface area contributed by atoms with Crippen molar-refractivity contribution in [2.75, 3.05) is 12.4 Å². The van der Waals surface area contributed by atoms with Crippen molar-refractivity contribution in [2.45, 2.75) is 24.3 Å². The predicted molar refractivity (Wildman–Crippen MR) is 66.5 cm³/mol. The molecule has 0 heterocycles. The second-order valence-electron chi connectivity index (χ2n) is 3.40. The van der Waals surface area contributed by atoms with Crippen LogP contribution in [0.25, 0.3) is 0 Å². The van der Waals surface area contributed by atoms with Crippen LogP contribution in [0.5, 0.6) is 0 Å². The standard InChI is InChI=1S/C11H16ClNOS/c1-8(13)9-3-4-11(10(12)7-9)15-6-2-5-14/h3-4,7-8,14H,2,5-6,13H2,1H3. The Labute approximate surface area is 99.8 Å². The highest BCUT2D eigenvalue weighted by Gasteiger charge is 2.04. The van der Waals surface area contributed by atoms with E-state index in [9.17, 15) is 0 Å². The molecule has 0 aliphatic carbocycles. The molecule has 0 aliphatic heterocycles. The van der Waals surface area contributed by atoms with Crippen LogP contribution in [0.4, 0.5) is 0 Å². The molecule has 15 heavy (non-hydrogen) atoms. The van der Waals surface area contributed by atoms with Crippen molar-refractivity contribution in [3.05, 3.63) is 28.8 Å². The maximum absolute atomic E-state index is 8.67. The molecule has 0 saturated heterocycles. The van der Waals surface area contributed by atoms with E-state index in [1.54, 1.807) is 11.8 Å². The van der Waals surface area contributed by atoms with Crippen molar-refractivity contribution in [3.8, 4) is 0 Å². The maximum atomic E-state index is 8.67. The number of halogens is 1. The zero-order valence-electron chi connectivity index (χ0n) is 8.74. The molecule has 1 aromatic carbocycles. The third kappa shape index (κ3) is 4.03. The van der Waals surface area contributed by atoms with E-state index in [2.05, 4.69) is 0 Å². The smallest absolute Gasteiger partial charge is 0.0545 e. The molecule has 84 valence electrons.